The van der Waals surface area contributed by atoms with E-state index < -0.39 is 47.9 Å². The summed E-state index contributed by atoms with van der Waals surface area (Å²) in [7, 11) is 1.49. The first kappa shape index (κ1) is 35.0. The van der Waals surface area contributed by atoms with Crippen LogP contribution in [0.2, 0.25) is 0 Å². The zero-order valence-electron chi connectivity index (χ0n) is 25.7. The summed E-state index contributed by atoms with van der Waals surface area (Å²) in [6.07, 6.45) is -5.07. The Labute approximate surface area is 276 Å². The van der Waals surface area contributed by atoms with Gasteiger partial charge in [0.2, 0.25) is 0 Å². The van der Waals surface area contributed by atoms with Crippen LogP contribution < -0.4 is 4.74 Å². The van der Waals surface area contributed by atoms with Gasteiger partial charge in [-0.25, -0.2) is 22.2 Å². The number of aromatic nitrogens is 5. The highest BCUT2D eigenvalue weighted by molar-refractivity contribution is 5.44. The highest BCUT2D eigenvalue weighted by Crippen LogP contribution is 2.43. The first-order valence-electron chi connectivity index (χ1n) is 14.6. The number of pyridine rings is 1. The molecule has 0 aliphatic carbocycles. The molecule has 2 heterocycles. The zero-order valence-corrected chi connectivity index (χ0v) is 25.7. The van der Waals surface area contributed by atoms with Gasteiger partial charge < -0.3 is 14.9 Å². The highest BCUT2D eigenvalue weighted by Gasteiger charge is 2.52. The molecule has 254 valence electrons. The van der Waals surface area contributed by atoms with Gasteiger partial charge in [-0.2, -0.15) is 8.78 Å². The second-order valence-electron chi connectivity index (χ2n) is 11.1. The van der Waals surface area contributed by atoms with Gasteiger partial charge in [-0.05, 0) is 77.1 Å². The molecule has 0 bridgehead atoms. The van der Waals surface area contributed by atoms with Crippen molar-refractivity contribution >= 4 is 0 Å². The second-order valence-corrected chi connectivity index (χ2v) is 11.1. The average molecular weight is 683 g/mol. The molecule has 15 heteroatoms. The number of hydrogen-bond acceptors (Lipinski definition) is 8. The summed E-state index contributed by atoms with van der Waals surface area (Å²) < 4.78 is 89.6. The number of alkyl halides is 4. The van der Waals surface area contributed by atoms with E-state index in [0.717, 1.165) is 34.3 Å². The standard InChI is InChI=1S/C34H28F6N6O3/c1-45(20-33(39,40)47)18-24-4-6-25(7-5-24)19-49-27-12-8-22(9-13-27)2-3-23-10-15-30(41-17-23)31(46-21-42-43-44-46)34(48,32(37)38)28-14-11-26(35)16-29(28)36/h4-17,21,31-32,47-48H,18-20H2,1H3. The third-order valence-corrected chi connectivity index (χ3v) is 7.35. The maximum Gasteiger partial charge on any atom is 0.366 e. The third kappa shape index (κ3) is 8.79. The number of halogens is 6. The van der Waals surface area contributed by atoms with E-state index in [0.29, 0.717) is 22.9 Å². The summed E-state index contributed by atoms with van der Waals surface area (Å²) in [5.41, 5.74) is -1.56. The normalized spacial score (nSPS) is 13.5. The van der Waals surface area contributed by atoms with Gasteiger partial charge in [0.1, 0.15) is 36.4 Å². The molecule has 9 nitrogen and oxygen atoms in total. The van der Waals surface area contributed by atoms with Crippen LogP contribution in [0.5, 0.6) is 5.75 Å². The molecule has 0 amide bonds. The summed E-state index contributed by atoms with van der Waals surface area (Å²) in [6, 6.07) is 17.0. The molecule has 0 aliphatic rings. The Balaban J connectivity index is 1.25. The first-order chi connectivity index (χ1) is 23.3. The van der Waals surface area contributed by atoms with E-state index in [4.69, 9.17) is 9.84 Å². The van der Waals surface area contributed by atoms with E-state index in [1.165, 1.54) is 30.3 Å². The van der Waals surface area contributed by atoms with Crippen molar-refractivity contribution in [3.63, 3.8) is 0 Å². The quantitative estimate of drug-likeness (QED) is 0.139. The summed E-state index contributed by atoms with van der Waals surface area (Å²) in [6.45, 7) is -0.279. The van der Waals surface area contributed by atoms with Crippen LogP contribution in [0.25, 0.3) is 0 Å². The maximum atomic E-state index is 14.7. The maximum absolute atomic E-state index is 14.7. The van der Waals surface area contributed by atoms with Gasteiger partial charge in [0, 0.05) is 35.5 Å². The Morgan fingerprint density at radius 2 is 1.57 bits per heavy atom. The predicted octanol–water partition coefficient (Wildman–Crippen LogP) is 5.08. The Morgan fingerprint density at radius 3 is 2.16 bits per heavy atom. The van der Waals surface area contributed by atoms with Crippen molar-refractivity contribution in [3.05, 3.63) is 137 Å². The Morgan fingerprint density at radius 1 is 0.898 bits per heavy atom. The third-order valence-electron chi connectivity index (χ3n) is 7.35. The molecule has 0 saturated heterocycles. The van der Waals surface area contributed by atoms with E-state index in [2.05, 4.69) is 32.4 Å². The molecule has 0 spiro atoms. The molecule has 5 aromatic rings. The van der Waals surface area contributed by atoms with Crippen molar-refractivity contribution < 1.29 is 41.3 Å². The molecular formula is C34H28F6N6O3. The molecule has 5 rings (SSSR count). The summed E-state index contributed by atoms with van der Waals surface area (Å²) in [5.74, 6) is 4.04. The van der Waals surface area contributed by atoms with Gasteiger partial charge in [0.15, 0.2) is 5.60 Å². The number of nitrogens with zero attached hydrogens (tertiary/aromatic N) is 6. The van der Waals surface area contributed by atoms with Crippen LogP contribution in [0, 0.1) is 23.5 Å². The van der Waals surface area contributed by atoms with Gasteiger partial charge >= 0.3 is 6.11 Å². The summed E-state index contributed by atoms with van der Waals surface area (Å²) in [4.78, 5) is 5.51. The minimum Gasteiger partial charge on any atom is -0.489 e. The van der Waals surface area contributed by atoms with E-state index in [9.17, 15) is 31.4 Å². The van der Waals surface area contributed by atoms with Crippen molar-refractivity contribution in [3.8, 4) is 17.6 Å². The largest absolute Gasteiger partial charge is 0.489 e. The smallest absolute Gasteiger partial charge is 0.366 e. The topological polar surface area (TPSA) is 109 Å². The van der Waals surface area contributed by atoms with Gasteiger partial charge in [-0.15, -0.1) is 5.10 Å². The minimum absolute atomic E-state index is 0.140. The molecule has 0 saturated carbocycles. The lowest BCUT2D eigenvalue weighted by atomic mass is 9.84. The van der Waals surface area contributed by atoms with E-state index in [1.54, 1.807) is 36.4 Å². The van der Waals surface area contributed by atoms with Gasteiger partial charge in [0.25, 0.3) is 6.43 Å². The summed E-state index contributed by atoms with van der Waals surface area (Å²) >= 11 is 0. The monoisotopic (exact) mass is 682 g/mol. The number of likely N-dealkylation sites (N-methyl/N-ethyl adjacent to an activating group) is 1. The van der Waals surface area contributed by atoms with Crippen LogP contribution in [0.3, 0.4) is 0 Å². The summed E-state index contributed by atoms with van der Waals surface area (Å²) in [5, 5.41) is 30.5. The molecule has 0 radical (unpaired) electrons. The molecular weight excluding hydrogens is 654 g/mol. The average Bonchev–Trinajstić information content (AvgIpc) is 3.58. The zero-order chi connectivity index (χ0) is 35.2. The molecule has 0 fully saturated rings. The van der Waals surface area contributed by atoms with Crippen molar-refractivity contribution in [2.45, 2.75) is 37.3 Å². The number of tetrazole rings is 1. The first-order valence-corrected chi connectivity index (χ1v) is 14.6. The van der Waals surface area contributed by atoms with Crippen molar-refractivity contribution in [1.82, 2.24) is 30.1 Å². The number of ether oxygens (including phenoxy) is 1. The molecule has 2 N–H and O–H groups in total. The van der Waals surface area contributed by atoms with Gasteiger partial charge in [-0.1, -0.05) is 36.1 Å². The number of benzene rings is 3. The lowest BCUT2D eigenvalue weighted by Crippen LogP contribution is -2.45. The van der Waals surface area contributed by atoms with Crippen molar-refractivity contribution in [1.29, 1.82) is 0 Å². The second kappa shape index (κ2) is 14.9. The van der Waals surface area contributed by atoms with E-state index >= 15 is 0 Å². The predicted molar refractivity (Wildman–Crippen MR) is 163 cm³/mol. The number of rotatable bonds is 12. The molecule has 2 unspecified atom stereocenters. The molecule has 2 aromatic heterocycles. The fraction of sp³-hybridized carbons (Fsp3) is 0.235. The van der Waals surface area contributed by atoms with Crippen LogP contribution in [0.1, 0.15) is 39.6 Å². The lowest BCUT2D eigenvalue weighted by Gasteiger charge is -2.35. The van der Waals surface area contributed by atoms with Crippen molar-refractivity contribution in [2.24, 2.45) is 0 Å². The van der Waals surface area contributed by atoms with Gasteiger partial charge in [0.05, 0.1) is 12.2 Å². The van der Waals surface area contributed by atoms with E-state index in [1.807, 2.05) is 12.1 Å². The van der Waals surface area contributed by atoms with Crippen LogP contribution in [0.15, 0.2) is 91.4 Å². The molecule has 49 heavy (non-hydrogen) atoms. The lowest BCUT2D eigenvalue weighted by molar-refractivity contribution is -0.208. The fourth-order valence-electron chi connectivity index (χ4n) is 5.07. The van der Waals surface area contributed by atoms with Crippen LogP contribution in [-0.4, -0.2) is 66.4 Å². The Bertz CT molecular complexity index is 1900. The Kier molecular flexibility index (Phi) is 10.6. The van der Waals surface area contributed by atoms with Gasteiger partial charge in [-0.3, -0.25) is 9.88 Å². The Hall–Kier alpha value is -5.30. The van der Waals surface area contributed by atoms with Crippen LogP contribution in [-0.2, 0) is 18.8 Å². The minimum atomic E-state index is -3.76. The number of hydrogen-bond donors (Lipinski definition) is 2. The molecule has 0 aliphatic heterocycles. The SMILES string of the molecule is CN(Cc1ccc(COc2ccc(C#Cc3ccc(C(n4cnnn4)C(O)(c4ccc(F)cc4F)C(F)F)nc3)cc2)cc1)CC(O)(F)F. The highest BCUT2D eigenvalue weighted by atomic mass is 19.3. The molecule has 3 aromatic carbocycles. The fourth-order valence-corrected chi connectivity index (χ4v) is 5.07. The van der Waals surface area contributed by atoms with Crippen LogP contribution >= 0.6 is 0 Å². The van der Waals surface area contributed by atoms with Crippen molar-refractivity contribution in [2.75, 3.05) is 13.6 Å². The van der Waals surface area contributed by atoms with E-state index in [-0.39, 0.29) is 18.8 Å². The molecule has 2 atom stereocenters. The van der Waals surface area contributed by atoms with Crippen LogP contribution in [0.4, 0.5) is 26.3 Å². The number of aliphatic hydroxyl groups is 2.